The third-order valence-corrected chi connectivity index (χ3v) is 2.93. The first-order valence-electron chi connectivity index (χ1n) is 6.81. The van der Waals surface area contributed by atoms with Gasteiger partial charge in [-0.2, -0.15) is 0 Å². The molecule has 0 saturated carbocycles. The Morgan fingerprint density at radius 1 is 1.27 bits per heavy atom. The molecule has 0 aliphatic heterocycles. The highest BCUT2D eigenvalue weighted by atomic mass is 16.5. The minimum absolute atomic E-state index is 0.221. The third-order valence-electron chi connectivity index (χ3n) is 2.93. The Balaban J connectivity index is 1.90. The summed E-state index contributed by atoms with van der Waals surface area (Å²) in [4.78, 5) is 19.9. The second-order valence-corrected chi connectivity index (χ2v) is 4.50. The number of methoxy groups -OCH3 is 1. The van der Waals surface area contributed by atoms with Crippen LogP contribution in [0.5, 0.6) is 5.75 Å². The van der Waals surface area contributed by atoms with Gasteiger partial charge in [0.05, 0.1) is 12.7 Å². The molecular formula is C16H18N4O2. The van der Waals surface area contributed by atoms with E-state index < -0.39 is 0 Å². The molecule has 22 heavy (non-hydrogen) atoms. The zero-order chi connectivity index (χ0) is 15.8. The average Bonchev–Trinajstić information content (AvgIpc) is 2.58. The lowest BCUT2D eigenvalue weighted by molar-refractivity contribution is 0.0957. The molecule has 6 nitrogen and oxygen atoms in total. The van der Waals surface area contributed by atoms with Gasteiger partial charge < -0.3 is 15.4 Å². The fourth-order valence-electron chi connectivity index (χ4n) is 1.73. The first kappa shape index (κ1) is 15.5. The normalized spacial score (nSPS) is 9.86. The van der Waals surface area contributed by atoms with Crippen LogP contribution in [0.4, 0.5) is 5.95 Å². The molecule has 0 radical (unpaired) electrons. The largest absolute Gasteiger partial charge is 0.497 e. The SMILES string of the molecule is C=CCNC(=O)c1cnc(NCc2ccc(OC)cc2)nc1. The van der Waals surface area contributed by atoms with Crippen molar-refractivity contribution in [3.63, 3.8) is 0 Å². The van der Waals surface area contributed by atoms with E-state index in [1.54, 1.807) is 13.2 Å². The van der Waals surface area contributed by atoms with Gasteiger partial charge >= 0.3 is 0 Å². The Labute approximate surface area is 129 Å². The number of amides is 1. The molecule has 0 aliphatic carbocycles. The molecule has 0 spiro atoms. The molecular weight excluding hydrogens is 280 g/mol. The van der Waals surface area contributed by atoms with Crippen molar-refractivity contribution in [1.82, 2.24) is 15.3 Å². The second kappa shape index (κ2) is 7.78. The summed E-state index contributed by atoms with van der Waals surface area (Å²) in [5.74, 6) is 1.06. The van der Waals surface area contributed by atoms with Crippen molar-refractivity contribution >= 4 is 11.9 Å². The molecule has 0 atom stereocenters. The van der Waals surface area contributed by atoms with Gasteiger partial charge in [0, 0.05) is 25.5 Å². The number of nitrogens with one attached hydrogen (secondary N) is 2. The van der Waals surface area contributed by atoms with E-state index in [0.717, 1.165) is 11.3 Å². The number of carbonyl (C=O) groups excluding carboxylic acids is 1. The lowest BCUT2D eigenvalue weighted by Gasteiger charge is -2.06. The van der Waals surface area contributed by atoms with Crippen molar-refractivity contribution in [3.05, 3.63) is 60.4 Å². The maximum atomic E-state index is 11.7. The summed E-state index contributed by atoms with van der Waals surface area (Å²) >= 11 is 0. The highest BCUT2D eigenvalue weighted by Gasteiger charge is 2.05. The monoisotopic (exact) mass is 298 g/mol. The van der Waals surface area contributed by atoms with Crippen molar-refractivity contribution in [2.24, 2.45) is 0 Å². The predicted molar refractivity (Wildman–Crippen MR) is 84.9 cm³/mol. The molecule has 2 rings (SSSR count). The van der Waals surface area contributed by atoms with E-state index in [2.05, 4.69) is 27.2 Å². The Morgan fingerprint density at radius 2 is 1.95 bits per heavy atom. The van der Waals surface area contributed by atoms with Crippen LogP contribution in [0.2, 0.25) is 0 Å². The van der Waals surface area contributed by atoms with Crippen LogP contribution in [0, 0.1) is 0 Å². The van der Waals surface area contributed by atoms with Crippen molar-refractivity contribution in [2.75, 3.05) is 19.0 Å². The molecule has 0 saturated heterocycles. The summed E-state index contributed by atoms with van der Waals surface area (Å²) in [5, 5.41) is 5.76. The zero-order valence-corrected chi connectivity index (χ0v) is 12.4. The third kappa shape index (κ3) is 4.31. The van der Waals surface area contributed by atoms with Crippen LogP contribution in [-0.4, -0.2) is 29.5 Å². The average molecular weight is 298 g/mol. The van der Waals surface area contributed by atoms with E-state index in [1.165, 1.54) is 12.4 Å². The predicted octanol–water partition coefficient (Wildman–Crippen LogP) is 2.01. The Kier molecular flexibility index (Phi) is 5.48. The van der Waals surface area contributed by atoms with Crippen LogP contribution in [-0.2, 0) is 6.54 Å². The van der Waals surface area contributed by atoms with Gasteiger partial charge in [0.15, 0.2) is 0 Å². The molecule has 1 heterocycles. The number of aromatic nitrogens is 2. The summed E-state index contributed by atoms with van der Waals surface area (Å²) in [6.07, 6.45) is 4.59. The number of benzene rings is 1. The first-order chi connectivity index (χ1) is 10.7. The summed E-state index contributed by atoms with van der Waals surface area (Å²) in [5.41, 5.74) is 1.49. The molecule has 6 heteroatoms. The molecule has 0 fully saturated rings. The van der Waals surface area contributed by atoms with E-state index in [1.807, 2.05) is 24.3 Å². The van der Waals surface area contributed by atoms with E-state index >= 15 is 0 Å². The molecule has 0 unspecified atom stereocenters. The molecule has 0 bridgehead atoms. The molecule has 2 aromatic rings. The van der Waals surface area contributed by atoms with Crippen LogP contribution in [0.15, 0.2) is 49.3 Å². The molecule has 1 aromatic carbocycles. The van der Waals surface area contributed by atoms with Gasteiger partial charge in [-0.05, 0) is 17.7 Å². The van der Waals surface area contributed by atoms with Gasteiger partial charge in [-0.15, -0.1) is 6.58 Å². The quantitative estimate of drug-likeness (QED) is 0.765. The van der Waals surface area contributed by atoms with Crippen molar-refractivity contribution in [2.45, 2.75) is 6.54 Å². The number of hydrogen-bond acceptors (Lipinski definition) is 5. The van der Waals surface area contributed by atoms with Gasteiger partial charge in [0.2, 0.25) is 5.95 Å². The number of rotatable bonds is 7. The fraction of sp³-hybridized carbons (Fsp3) is 0.188. The van der Waals surface area contributed by atoms with Crippen molar-refractivity contribution in [3.8, 4) is 5.75 Å². The maximum Gasteiger partial charge on any atom is 0.254 e. The van der Waals surface area contributed by atoms with E-state index in [9.17, 15) is 4.79 Å². The number of ether oxygens (including phenoxy) is 1. The Morgan fingerprint density at radius 3 is 2.55 bits per heavy atom. The molecule has 1 aromatic heterocycles. The highest BCUT2D eigenvalue weighted by Crippen LogP contribution is 2.12. The summed E-state index contributed by atoms with van der Waals surface area (Å²) in [7, 11) is 1.63. The first-order valence-corrected chi connectivity index (χ1v) is 6.81. The number of hydrogen-bond donors (Lipinski definition) is 2. The number of anilines is 1. The van der Waals surface area contributed by atoms with E-state index in [-0.39, 0.29) is 5.91 Å². The molecule has 0 aliphatic rings. The van der Waals surface area contributed by atoms with Gasteiger partial charge in [0.1, 0.15) is 5.75 Å². The van der Waals surface area contributed by atoms with Crippen LogP contribution >= 0.6 is 0 Å². The lowest BCUT2D eigenvalue weighted by Crippen LogP contribution is -2.23. The standard InChI is InChI=1S/C16H18N4O2/c1-3-8-17-15(21)13-10-19-16(20-11-13)18-9-12-4-6-14(22-2)7-5-12/h3-7,10-11H,1,8-9H2,2H3,(H,17,21)(H,18,19,20). The minimum Gasteiger partial charge on any atom is -0.497 e. The Bertz CT molecular complexity index is 624. The van der Waals surface area contributed by atoms with Crippen LogP contribution in [0.3, 0.4) is 0 Å². The van der Waals surface area contributed by atoms with Crippen LogP contribution in [0.25, 0.3) is 0 Å². The van der Waals surface area contributed by atoms with Crippen molar-refractivity contribution < 1.29 is 9.53 Å². The van der Waals surface area contributed by atoms with E-state index in [0.29, 0.717) is 24.6 Å². The van der Waals surface area contributed by atoms with E-state index in [4.69, 9.17) is 4.74 Å². The Hall–Kier alpha value is -2.89. The van der Waals surface area contributed by atoms with Gasteiger partial charge in [0.25, 0.3) is 5.91 Å². The topological polar surface area (TPSA) is 76.1 Å². The van der Waals surface area contributed by atoms with Gasteiger partial charge in [-0.3, -0.25) is 4.79 Å². The van der Waals surface area contributed by atoms with Crippen LogP contribution in [0.1, 0.15) is 15.9 Å². The number of nitrogens with zero attached hydrogens (tertiary/aromatic N) is 2. The summed E-state index contributed by atoms with van der Waals surface area (Å²) in [6.45, 7) is 4.54. The summed E-state index contributed by atoms with van der Waals surface area (Å²) < 4.78 is 5.11. The molecule has 1 amide bonds. The van der Waals surface area contributed by atoms with Crippen LogP contribution < -0.4 is 15.4 Å². The summed E-state index contributed by atoms with van der Waals surface area (Å²) in [6, 6.07) is 7.71. The second-order valence-electron chi connectivity index (χ2n) is 4.50. The molecule has 2 N–H and O–H groups in total. The molecule has 114 valence electrons. The van der Waals surface area contributed by atoms with Crippen molar-refractivity contribution in [1.29, 1.82) is 0 Å². The minimum atomic E-state index is -0.221. The van der Waals surface area contributed by atoms with Gasteiger partial charge in [-0.25, -0.2) is 9.97 Å². The number of carbonyl (C=O) groups is 1. The smallest absolute Gasteiger partial charge is 0.254 e. The van der Waals surface area contributed by atoms with Gasteiger partial charge in [-0.1, -0.05) is 18.2 Å². The highest BCUT2D eigenvalue weighted by molar-refractivity contribution is 5.93. The fourth-order valence-corrected chi connectivity index (χ4v) is 1.73. The lowest BCUT2D eigenvalue weighted by atomic mass is 10.2. The zero-order valence-electron chi connectivity index (χ0n) is 12.4. The maximum absolute atomic E-state index is 11.7.